The van der Waals surface area contributed by atoms with Gasteiger partial charge in [-0.3, -0.25) is 4.79 Å². The fraction of sp³-hybridized carbons (Fsp3) is 0.294. The number of anilines is 1. The first kappa shape index (κ1) is 19.5. The fourth-order valence-corrected chi connectivity index (χ4v) is 2.48. The molecule has 3 N–H and O–H groups in total. The predicted molar refractivity (Wildman–Crippen MR) is 100 cm³/mol. The zero-order valence-corrected chi connectivity index (χ0v) is 14.9. The van der Waals surface area contributed by atoms with E-state index in [0.29, 0.717) is 16.6 Å². The van der Waals surface area contributed by atoms with Crippen molar-refractivity contribution in [3.63, 3.8) is 0 Å². The Kier molecular flexibility index (Phi) is 4.92. The summed E-state index contributed by atoms with van der Waals surface area (Å²) in [5, 5.41) is 5.02. The number of carbonyl (C=O) groups is 1. The topological polar surface area (TPSA) is 95.6 Å². The molecule has 0 fully saturated rings. The van der Waals surface area contributed by atoms with E-state index >= 15 is 0 Å². The van der Waals surface area contributed by atoms with Gasteiger partial charge >= 0.3 is 6.18 Å². The molecule has 3 heterocycles. The number of aromatic amines is 1. The van der Waals surface area contributed by atoms with Gasteiger partial charge in [0.2, 0.25) is 5.91 Å². The first-order valence-electron chi connectivity index (χ1n) is 8.15. The number of rotatable bonds is 5. The number of nitrogens with one attached hydrogen (secondary N) is 3. The molecular weight excluding hydrogens is 380 g/mol. The van der Waals surface area contributed by atoms with Crippen LogP contribution in [0.15, 0.2) is 30.7 Å². The maximum atomic E-state index is 14.2. The second-order valence-electron chi connectivity index (χ2n) is 6.54. The number of halogens is 4. The number of alkyl halides is 3. The lowest BCUT2D eigenvalue weighted by Gasteiger charge is -2.26. The molecule has 3 aromatic rings. The highest BCUT2D eigenvalue weighted by Gasteiger charge is 2.34. The van der Waals surface area contributed by atoms with Gasteiger partial charge in [0.1, 0.15) is 17.7 Å². The van der Waals surface area contributed by atoms with Crippen molar-refractivity contribution in [2.24, 2.45) is 0 Å². The SMILES string of the molecule is CC(C)(Nc1nc(-c2c[nH]c3ncccc23)ncc1F)C(=O)NCC(F)(F)F.[HH].[HH].[HH]. The third-order valence-corrected chi connectivity index (χ3v) is 3.88. The molecule has 0 saturated heterocycles. The van der Waals surface area contributed by atoms with E-state index < -0.39 is 30.0 Å². The largest absolute Gasteiger partial charge is 0.405 e. The van der Waals surface area contributed by atoms with Gasteiger partial charge in [-0.15, -0.1) is 0 Å². The van der Waals surface area contributed by atoms with Gasteiger partial charge < -0.3 is 15.6 Å². The van der Waals surface area contributed by atoms with E-state index in [2.05, 4.69) is 25.3 Å². The Balaban J connectivity index is 0.00000300. The molecule has 3 rings (SSSR count). The first-order chi connectivity index (χ1) is 13.1. The summed E-state index contributed by atoms with van der Waals surface area (Å²) >= 11 is 0. The van der Waals surface area contributed by atoms with E-state index in [0.717, 1.165) is 6.20 Å². The molecule has 0 spiro atoms. The molecule has 1 amide bonds. The van der Waals surface area contributed by atoms with Crippen LogP contribution in [-0.2, 0) is 4.79 Å². The van der Waals surface area contributed by atoms with Crippen molar-refractivity contribution in [1.29, 1.82) is 0 Å². The van der Waals surface area contributed by atoms with Gasteiger partial charge in [0.25, 0.3) is 0 Å². The summed E-state index contributed by atoms with van der Waals surface area (Å²) in [5.74, 6) is -1.95. The molecular formula is C17H22F4N6O. The van der Waals surface area contributed by atoms with E-state index in [4.69, 9.17) is 0 Å². The Morgan fingerprint density at radius 2 is 2.04 bits per heavy atom. The van der Waals surface area contributed by atoms with E-state index in [1.54, 1.807) is 29.8 Å². The van der Waals surface area contributed by atoms with Crippen LogP contribution in [0.5, 0.6) is 0 Å². The maximum Gasteiger partial charge on any atom is 0.405 e. The Labute approximate surface area is 161 Å². The lowest BCUT2D eigenvalue weighted by atomic mass is 10.0. The number of fused-ring (bicyclic) bond motifs is 1. The Hall–Kier alpha value is -3.24. The summed E-state index contributed by atoms with van der Waals surface area (Å²) in [6.45, 7) is 1.14. The molecule has 0 aliphatic heterocycles. The fourth-order valence-electron chi connectivity index (χ4n) is 2.48. The van der Waals surface area contributed by atoms with Gasteiger partial charge in [0.05, 0.1) is 6.20 Å². The zero-order chi connectivity index (χ0) is 20.5. The highest BCUT2D eigenvalue weighted by atomic mass is 19.4. The van der Waals surface area contributed by atoms with Gasteiger partial charge in [-0.2, -0.15) is 13.2 Å². The Morgan fingerprint density at radius 3 is 2.75 bits per heavy atom. The number of H-pyrrole nitrogens is 1. The summed E-state index contributed by atoms with van der Waals surface area (Å²) in [5.41, 5.74) is -0.406. The zero-order valence-electron chi connectivity index (χ0n) is 14.9. The highest BCUT2D eigenvalue weighted by molar-refractivity contribution is 5.92. The molecule has 3 aromatic heterocycles. The Bertz CT molecular complexity index is 1030. The minimum absolute atomic E-state index is 0. The monoisotopic (exact) mass is 402 g/mol. The predicted octanol–water partition coefficient (Wildman–Crippen LogP) is 3.77. The van der Waals surface area contributed by atoms with E-state index in [9.17, 15) is 22.4 Å². The number of hydrogen-bond acceptors (Lipinski definition) is 5. The van der Waals surface area contributed by atoms with Crippen LogP contribution >= 0.6 is 0 Å². The van der Waals surface area contributed by atoms with Crippen molar-refractivity contribution in [2.75, 3.05) is 11.9 Å². The Morgan fingerprint density at radius 1 is 1.29 bits per heavy atom. The summed E-state index contributed by atoms with van der Waals surface area (Å²) in [4.78, 5) is 27.2. The van der Waals surface area contributed by atoms with Gasteiger partial charge in [-0.05, 0) is 26.0 Å². The molecule has 154 valence electrons. The molecule has 7 nitrogen and oxygen atoms in total. The van der Waals surface area contributed by atoms with Crippen LogP contribution in [0.3, 0.4) is 0 Å². The van der Waals surface area contributed by atoms with E-state index in [-0.39, 0.29) is 15.9 Å². The maximum absolute atomic E-state index is 14.2. The number of pyridine rings is 1. The molecule has 0 atom stereocenters. The molecule has 0 unspecified atom stereocenters. The molecule has 28 heavy (non-hydrogen) atoms. The number of aromatic nitrogens is 4. The summed E-state index contributed by atoms with van der Waals surface area (Å²) < 4.78 is 51.1. The van der Waals surface area contributed by atoms with Crippen molar-refractivity contribution in [3.8, 4) is 11.4 Å². The molecule has 0 aromatic carbocycles. The summed E-state index contributed by atoms with van der Waals surface area (Å²) in [6, 6.07) is 3.50. The standard InChI is InChI=1S/C17H16F4N6O.3H2/c1-16(2,15(28)25-8-17(19,20)21)27-14-11(18)7-24-13(26-14)10-6-23-12-9(10)4-3-5-22-12;;;/h3-7H,8H2,1-2H3,(H,22,23)(H,25,28)(H,24,26,27);3*1H. The first-order valence-corrected chi connectivity index (χ1v) is 8.15. The lowest BCUT2D eigenvalue weighted by molar-refractivity contribution is -0.140. The van der Waals surface area contributed by atoms with Crippen LogP contribution in [0.25, 0.3) is 22.4 Å². The van der Waals surface area contributed by atoms with Crippen molar-refractivity contribution >= 4 is 22.8 Å². The van der Waals surface area contributed by atoms with Crippen molar-refractivity contribution in [2.45, 2.75) is 25.6 Å². The van der Waals surface area contributed by atoms with Gasteiger partial charge in [0, 0.05) is 27.6 Å². The van der Waals surface area contributed by atoms with E-state index in [1.807, 2.05) is 0 Å². The van der Waals surface area contributed by atoms with Crippen LogP contribution in [0.2, 0.25) is 0 Å². The van der Waals surface area contributed by atoms with Crippen LogP contribution in [0, 0.1) is 5.82 Å². The third kappa shape index (κ3) is 4.18. The average molecular weight is 402 g/mol. The quantitative estimate of drug-likeness (QED) is 0.565. The van der Waals surface area contributed by atoms with Crippen LogP contribution in [0.4, 0.5) is 23.4 Å². The summed E-state index contributed by atoms with van der Waals surface area (Å²) in [7, 11) is 0. The van der Waals surface area contributed by atoms with Crippen LogP contribution < -0.4 is 10.6 Å². The third-order valence-electron chi connectivity index (χ3n) is 3.88. The molecule has 0 saturated carbocycles. The second-order valence-corrected chi connectivity index (χ2v) is 6.54. The normalized spacial score (nSPS) is 12.2. The van der Waals surface area contributed by atoms with E-state index in [1.165, 1.54) is 13.8 Å². The number of nitrogens with zero attached hydrogens (tertiary/aromatic N) is 3. The van der Waals surface area contributed by atoms with Gasteiger partial charge in [-0.25, -0.2) is 19.3 Å². The van der Waals surface area contributed by atoms with Gasteiger partial charge in [0.15, 0.2) is 17.5 Å². The second kappa shape index (κ2) is 7.06. The van der Waals surface area contributed by atoms with Crippen molar-refractivity contribution < 1.29 is 26.6 Å². The lowest BCUT2D eigenvalue weighted by Crippen LogP contribution is -2.50. The molecule has 0 bridgehead atoms. The minimum Gasteiger partial charge on any atom is -0.354 e. The number of amides is 1. The number of carbonyl (C=O) groups excluding carboxylic acids is 1. The van der Waals surface area contributed by atoms with Crippen LogP contribution in [-0.4, -0.2) is 44.1 Å². The number of hydrogen-bond donors (Lipinski definition) is 3. The average Bonchev–Trinajstić information content (AvgIpc) is 3.05. The molecule has 0 radical (unpaired) electrons. The smallest absolute Gasteiger partial charge is 0.354 e. The molecule has 11 heteroatoms. The summed E-state index contributed by atoms with van der Waals surface area (Å²) in [6.07, 6.45) is -0.426. The minimum atomic E-state index is -4.55. The molecule has 0 aliphatic rings. The molecule has 0 aliphatic carbocycles. The van der Waals surface area contributed by atoms with Crippen molar-refractivity contribution in [1.82, 2.24) is 25.3 Å². The van der Waals surface area contributed by atoms with Gasteiger partial charge in [-0.1, -0.05) is 0 Å². The highest BCUT2D eigenvalue weighted by Crippen LogP contribution is 2.27. The van der Waals surface area contributed by atoms with Crippen LogP contribution in [0.1, 0.15) is 18.1 Å². The van der Waals surface area contributed by atoms with Crippen molar-refractivity contribution in [3.05, 3.63) is 36.5 Å².